The van der Waals surface area contributed by atoms with Gasteiger partial charge >= 0.3 is 0 Å². The second kappa shape index (κ2) is 6.39. The Labute approximate surface area is 129 Å². The van der Waals surface area contributed by atoms with Crippen molar-refractivity contribution in [2.75, 3.05) is 7.05 Å². The van der Waals surface area contributed by atoms with Gasteiger partial charge in [0, 0.05) is 6.04 Å². The Balaban J connectivity index is 1.71. The first-order chi connectivity index (χ1) is 10.2. The molecule has 1 saturated carbocycles. The molecule has 1 aromatic carbocycles. The van der Waals surface area contributed by atoms with Crippen LogP contribution in [-0.4, -0.2) is 19.2 Å². The number of hydrogen-bond acceptors (Lipinski definition) is 2. The molecule has 1 fully saturated rings. The quantitative estimate of drug-likeness (QED) is 0.905. The van der Waals surface area contributed by atoms with E-state index in [1.54, 1.807) is 0 Å². The van der Waals surface area contributed by atoms with Crippen molar-refractivity contribution >= 4 is 0 Å². The van der Waals surface area contributed by atoms with E-state index >= 15 is 0 Å². The van der Waals surface area contributed by atoms with Crippen LogP contribution in [0.1, 0.15) is 50.7 Å². The number of likely N-dealkylation sites (N-methyl/N-ethyl adjacent to an activating group) is 1. The van der Waals surface area contributed by atoms with Gasteiger partial charge in [-0.2, -0.15) is 0 Å². The Morgan fingerprint density at radius 3 is 2.71 bits per heavy atom. The van der Waals surface area contributed by atoms with E-state index in [9.17, 15) is 0 Å². The SMILES string of the molecule is CNC1CCC(C(C)C)CC1Oc1ccc2c(c1)CCC2. The molecular formula is C19H29NO. The molecule has 0 radical (unpaired) electrons. The van der Waals surface area contributed by atoms with Crippen LogP contribution in [0.15, 0.2) is 18.2 Å². The molecular weight excluding hydrogens is 258 g/mol. The molecule has 3 unspecified atom stereocenters. The average molecular weight is 287 g/mol. The van der Waals surface area contributed by atoms with Crippen LogP contribution in [0.25, 0.3) is 0 Å². The maximum atomic E-state index is 6.40. The lowest BCUT2D eigenvalue weighted by molar-refractivity contribution is 0.0749. The summed E-state index contributed by atoms with van der Waals surface area (Å²) in [6.45, 7) is 4.69. The highest BCUT2D eigenvalue weighted by atomic mass is 16.5. The molecule has 0 spiro atoms. The van der Waals surface area contributed by atoms with Crippen molar-refractivity contribution in [2.45, 2.75) is 64.5 Å². The molecule has 0 aromatic heterocycles. The van der Waals surface area contributed by atoms with Crippen LogP contribution >= 0.6 is 0 Å². The van der Waals surface area contributed by atoms with Crippen molar-refractivity contribution in [3.8, 4) is 5.75 Å². The van der Waals surface area contributed by atoms with Crippen LogP contribution in [0, 0.1) is 11.8 Å². The Morgan fingerprint density at radius 2 is 1.95 bits per heavy atom. The molecule has 116 valence electrons. The minimum atomic E-state index is 0.315. The van der Waals surface area contributed by atoms with Gasteiger partial charge in [0.1, 0.15) is 11.9 Å². The molecule has 2 nitrogen and oxygen atoms in total. The zero-order chi connectivity index (χ0) is 14.8. The Morgan fingerprint density at radius 1 is 1.14 bits per heavy atom. The lowest BCUT2D eigenvalue weighted by Crippen LogP contribution is -2.46. The number of benzene rings is 1. The lowest BCUT2D eigenvalue weighted by Gasteiger charge is -2.37. The minimum Gasteiger partial charge on any atom is -0.489 e. The largest absolute Gasteiger partial charge is 0.489 e. The first kappa shape index (κ1) is 14.9. The van der Waals surface area contributed by atoms with Crippen LogP contribution < -0.4 is 10.1 Å². The molecule has 3 atom stereocenters. The Kier molecular flexibility index (Phi) is 4.54. The molecule has 0 heterocycles. The summed E-state index contributed by atoms with van der Waals surface area (Å²) in [6, 6.07) is 7.23. The molecule has 1 aromatic rings. The molecule has 1 N–H and O–H groups in total. The summed E-state index contributed by atoms with van der Waals surface area (Å²) in [5, 5.41) is 3.46. The fourth-order valence-electron chi connectivity index (χ4n) is 4.02. The van der Waals surface area contributed by atoms with Gasteiger partial charge in [-0.15, -0.1) is 0 Å². The third-order valence-corrected chi connectivity index (χ3v) is 5.50. The highest BCUT2D eigenvalue weighted by molar-refractivity contribution is 5.38. The van der Waals surface area contributed by atoms with Crippen LogP contribution in [0.5, 0.6) is 5.75 Å². The summed E-state index contributed by atoms with van der Waals surface area (Å²) in [5.74, 6) is 2.63. The molecule has 0 saturated heterocycles. The zero-order valence-corrected chi connectivity index (χ0v) is 13.7. The molecule has 3 rings (SSSR count). The standard InChI is InChI=1S/C19H29NO/c1-13(2)15-8-10-18(20-3)19(12-15)21-17-9-7-14-5-4-6-16(14)11-17/h7,9,11,13,15,18-20H,4-6,8,10,12H2,1-3H3. The van der Waals surface area contributed by atoms with E-state index in [1.165, 1.54) is 49.7 Å². The lowest BCUT2D eigenvalue weighted by atomic mass is 9.78. The van der Waals surface area contributed by atoms with Crippen LogP contribution in [0.4, 0.5) is 0 Å². The van der Waals surface area contributed by atoms with Gasteiger partial charge in [-0.1, -0.05) is 19.9 Å². The highest BCUT2D eigenvalue weighted by Crippen LogP contribution is 2.33. The van der Waals surface area contributed by atoms with Gasteiger partial charge in [-0.05, 0) is 80.7 Å². The first-order valence-electron chi connectivity index (χ1n) is 8.63. The third-order valence-electron chi connectivity index (χ3n) is 5.50. The van der Waals surface area contributed by atoms with Gasteiger partial charge in [0.05, 0.1) is 0 Å². The number of nitrogens with one attached hydrogen (secondary N) is 1. The van der Waals surface area contributed by atoms with Crippen molar-refractivity contribution < 1.29 is 4.74 Å². The van der Waals surface area contributed by atoms with E-state index < -0.39 is 0 Å². The Bertz CT molecular complexity index is 482. The van der Waals surface area contributed by atoms with Gasteiger partial charge in [-0.3, -0.25) is 0 Å². The molecule has 0 bridgehead atoms. The van der Waals surface area contributed by atoms with Crippen molar-refractivity contribution in [2.24, 2.45) is 11.8 Å². The molecule has 0 amide bonds. The maximum absolute atomic E-state index is 6.40. The fourth-order valence-corrected chi connectivity index (χ4v) is 4.02. The number of fused-ring (bicyclic) bond motifs is 1. The minimum absolute atomic E-state index is 0.315. The first-order valence-corrected chi connectivity index (χ1v) is 8.63. The van der Waals surface area contributed by atoms with E-state index in [2.05, 4.69) is 44.4 Å². The summed E-state index contributed by atoms with van der Waals surface area (Å²) in [5.41, 5.74) is 3.03. The van der Waals surface area contributed by atoms with Gasteiger partial charge in [0.2, 0.25) is 0 Å². The van der Waals surface area contributed by atoms with Gasteiger partial charge in [0.25, 0.3) is 0 Å². The van der Waals surface area contributed by atoms with E-state index in [0.717, 1.165) is 17.6 Å². The summed E-state index contributed by atoms with van der Waals surface area (Å²) >= 11 is 0. The van der Waals surface area contributed by atoms with Gasteiger partial charge < -0.3 is 10.1 Å². The van der Waals surface area contributed by atoms with E-state index in [0.29, 0.717) is 12.1 Å². The van der Waals surface area contributed by atoms with E-state index in [4.69, 9.17) is 4.74 Å². The summed E-state index contributed by atoms with van der Waals surface area (Å²) in [7, 11) is 2.07. The van der Waals surface area contributed by atoms with E-state index in [-0.39, 0.29) is 0 Å². The number of rotatable bonds is 4. The predicted molar refractivity (Wildman–Crippen MR) is 87.9 cm³/mol. The smallest absolute Gasteiger partial charge is 0.120 e. The second-order valence-electron chi connectivity index (χ2n) is 7.15. The summed E-state index contributed by atoms with van der Waals surface area (Å²) < 4.78 is 6.40. The third kappa shape index (κ3) is 3.26. The average Bonchev–Trinajstić information content (AvgIpc) is 2.94. The molecule has 2 heteroatoms. The molecule has 0 aliphatic heterocycles. The van der Waals surface area contributed by atoms with Crippen LogP contribution in [0.3, 0.4) is 0 Å². The fraction of sp³-hybridized carbons (Fsp3) is 0.684. The van der Waals surface area contributed by atoms with Crippen LogP contribution in [0.2, 0.25) is 0 Å². The molecule has 21 heavy (non-hydrogen) atoms. The maximum Gasteiger partial charge on any atom is 0.120 e. The van der Waals surface area contributed by atoms with Crippen molar-refractivity contribution in [3.63, 3.8) is 0 Å². The number of hydrogen-bond donors (Lipinski definition) is 1. The summed E-state index contributed by atoms with van der Waals surface area (Å²) in [6.07, 6.45) is 7.82. The monoisotopic (exact) mass is 287 g/mol. The number of aryl methyl sites for hydroxylation is 2. The second-order valence-corrected chi connectivity index (χ2v) is 7.15. The normalized spacial score (nSPS) is 28.7. The molecule has 2 aliphatic rings. The highest BCUT2D eigenvalue weighted by Gasteiger charge is 2.32. The molecule has 2 aliphatic carbocycles. The van der Waals surface area contributed by atoms with E-state index in [1.807, 2.05) is 0 Å². The van der Waals surface area contributed by atoms with Gasteiger partial charge in [-0.25, -0.2) is 0 Å². The summed E-state index contributed by atoms with van der Waals surface area (Å²) in [4.78, 5) is 0. The van der Waals surface area contributed by atoms with Crippen LogP contribution in [-0.2, 0) is 12.8 Å². The van der Waals surface area contributed by atoms with Crippen molar-refractivity contribution in [3.05, 3.63) is 29.3 Å². The predicted octanol–water partition coefficient (Wildman–Crippen LogP) is 3.97. The van der Waals surface area contributed by atoms with Crippen molar-refractivity contribution in [1.82, 2.24) is 5.32 Å². The van der Waals surface area contributed by atoms with Gasteiger partial charge in [0.15, 0.2) is 0 Å². The van der Waals surface area contributed by atoms with Crippen molar-refractivity contribution in [1.29, 1.82) is 0 Å². The topological polar surface area (TPSA) is 21.3 Å². The Hall–Kier alpha value is -1.02. The number of ether oxygens (including phenoxy) is 1. The zero-order valence-electron chi connectivity index (χ0n) is 13.7.